The monoisotopic (exact) mass is 365 g/mol. The highest BCUT2D eigenvalue weighted by molar-refractivity contribution is 6.09. The third kappa shape index (κ3) is 3.10. The summed E-state index contributed by atoms with van der Waals surface area (Å²) in [6.07, 6.45) is 3.58. The van der Waals surface area contributed by atoms with Gasteiger partial charge in [-0.15, -0.1) is 0 Å². The fourth-order valence-electron chi connectivity index (χ4n) is 3.37. The molecule has 1 saturated heterocycles. The zero-order chi connectivity index (χ0) is 19.0. The van der Waals surface area contributed by atoms with Crippen LogP contribution in [0, 0.1) is 18.3 Å². The Labute approximate surface area is 155 Å². The molecule has 1 aliphatic heterocycles. The Morgan fingerprint density at radius 2 is 2.37 bits per heavy atom. The summed E-state index contributed by atoms with van der Waals surface area (Å²) in [6.45, 7) is 3.13. The first-order valence-corrected chi connectivity index (χ1v) is 8.71. The number of carbonyl (C=O) groups excluding carboxylic acids is 1. The summed E-state index contributed by atoms with van der Waals surface area (Å²) in [6, 6.07) is 3.91. The first-order valence-electron chi connectivity index (χ1n) is 8.71. The molecule has 0 aliphatic carbocycles. The number of nitrogens with one attached hydrogen (secondary N) is 1. The van der Waals surface area contributed by atoms with Crippen molar-refractivity contribution in [2.75, 3.05) is 31.6 Å². The lowest BCUT2D eigenvalue weighted by Crippen LogP contribution is -2.33. The Kier molecular flexibility index (Phi) is 4.24. The number of aryl methyl sites for hydroxylation is 1. The van der Waals surface area contributed by atoms with E-state index in [2.05, 4.69) is 24.8 Å². The summed E-state index contributed by atoms with van der Waals surface area (Å²) in [7, 11) is 1.55. The molecule has 1 aliphatic rings. The summed E-state index contributed by atoms with van der Waals surface area (Å²) in [4.78, 5) is 32.1. The number of carbonyl (C=O) groups is 1. The van der Waals surface area contributed by atoms with Crippen LogP contribution in [0.25, 0.3) is 21.9 Å². The first kappa shape index (κ1) is 17.0. The lowest BCUT2D eigenvalue weighted by Gasteiger charge is -2.21. The van der Waals surface area contributed by atoms with Crippen molar-refractivity contribution in [3.05, 3.63) is 24.3 Å². The standard InChI is InChI=1S/C18H19N7O2/c1-11-22-14-9-21-16-13(3-6-20-16)15(14)17(23-11)25-7-4-12(10-25)27-18(26)24(2)8-5-19/h3,6,9,12H,4,7-8,10H2,1-2H3,(H,20,21). The number of anilines is 1. The molecule has 138 valence electrons. The van der Waals surface area contributed by atoms with E-state index in [1.165, 1.54) is 4.90 Å². The smallest absolute Gasteiger partial charge is 0.410 e. The van der Waals surface area contributed by atoms with E-state index in [1.54, 1.807) is 13.2 Å². The highest BCUT2D eigenvalue weighted by Crippen LogP contribution is 2.32. The van der Waals surface area contributed by atoms with E-state index in [0.29, 0.717) is 18.8 Å². The Hall–Kier alpha value is -3.41. The van der Waals surface area contributed by atoms with Crippen molar-refractivity contribution in [2.24, 2.45) is 0 Å². The minimum absolute atomic E-state index is 0.00345. The van der Waals surface area contributed by atoms with Crippen LogP contribution in [0.4, 0.5) is 10.6 Å². The van der Waals surface area contributed by atoms with Crippen LogP contribution in [0.3, 0.4) is 0 Å². The lowest BCUT2D eigenvalue weighted by atomic mass is 10.2. The third-order valence-corrected chi connectivity index (χ3v) is 4.67. The molecule has 3 aromatic heterocycles. The minimum Gasteiger partial charge on any atom is -0.444 e. The summed E-state index contributed by atoms with van der Waals surface area (Å²) in [5.74, 6) is 1.50. The second-order valence-corrected chi connectivity index (χ2v) is 6.61. The fourth-order valence-corrected chi connectivity index (χ4v) is 3.37. The van der Waals surface area contributed by atoms with Crippen LogP contribution in [0.15, 0.2) is 18.5 Å². The van der Waals surface area contributed by atoms with Crippen LogP contribution in [-0.4, -0.2) is 63.7 Å². The van der Waals surface area contributed by atoms with E-state index >= 15 is 0 Å². The van der Waals surface area contributed by atoms with Gasteiger partial charge in [0.1, 0.15) is 29.9 Å². The number of ether oxygens (including phenoxy) is 1. The molecule has 1 atom stereocenters. The van der Waals surface area contributed by atoms with E-state index < -0.39 is 6.09 Å². The van der Waals surface area contributed by atoms with Gasteiger partial charge in [-0.2, -0.15) is 5.26 Å². The normalized spacial score (nSPS) is 16.6. The number of fused-ring (bicyclic) bond motifs is 3. The molecule has 4 heterocycles. The topological polar surface area (TPSA) is 111 Å². The second kappa shape index (κ2) is 6.72. The maximum Gasteiger partial charge on any atom is 0.410 e. The molecule has 9 nitrogen and oxygen atoms in total. The Bertz CT molecular complexity index is 1050. The van der Waals surface area contributed by atoms with Crippen molar-refractivity contribution in [1.29, 1.82) is 5.26 Å². The van der Waals surface area contributed by atoms with Crippen molar-refractivity contribution in [1.82, 2.24) is 24.8 Å². The summed E-state index contributed by atoms with van der Waals surface area (Å²) >= 11 is 0. The number of amides is 1. The van der Waals surface area contributed by atoms with Crippen LogP contribution < -0.4 is 4.90 Å². The van der Waals surface area contributed by atoms with Gasteiger partial charge in [-0.05, 0) is 13.0 Å². The van der Waals surface area contributed by atoms with E-state index in [4.69, 9.17) is 10.00 Å². The maximum absolute atomic E-state index is 12.0. The van der Waals surface area contributed by atoms with E-state index in [1.807, 2.05) is 25.3 Å². The number of hydrogen-bond donors (Lipinski definition) is 1. The van der Waals surface area contributed by atoms with Gasteiger partial charge in [0, 0.05) is 31.6 Å². The number of hydrogen-bond acceptors (Lipinski definition) is 7. The van der Waals surface area contributed by atoms with Crippen LogP contribution in [0.2, 0.25) is 0 Å². The molecule has 3 aromatic rings. The largest absolute Gasteiger partial charge is 0.444 e. The molecule has 0 spiro atoms. The molecule has 4 rings (SSSR count). The quantitative estimate of drug-likeness (QED) is 0.707. The van der Waals surface area contributed by atoms with Gasteiger partial charge in [-0.3, -0.25) is 4.90 Å². The molecule has 1 N–H and O–H groups in total. The predicted molar refractivity (Wildman–Crippen MR) is 99.3 cm³/mol. The van der Waals surface area contributed by atoms with Gasteiger partial charge >= 0.3 is 6.09 Å². The summed E-state index contributed by atoms with van der Waals surface area (Å²) < 4.78 is 5.52. The van der Waals surface area contributed by atoms with Crippen molar-refractivity contribution in [3.8, 4) is 6.07 Å². The van der Waals surface area contributed by atoms with Crippen molar-refractivity contribution < 1.29 is 9.53 Å². The lowest BCUT2D eigenvalue weighted by molar-refractivity contribution is 0.0810. The molecule has 0 bridgehead atoms. The Morgan fingerprint density at radius 1 is 1.52 bits per heavy atom. The highest BCUT2D eigenvalue weighted by atomic mass is 16.6. The van der Waals surface area contributed by atoms with Gasteiger partial charge in [0.2, 0.25) is 0 Å². The number of aromatic amines is 1. The van der Waals surface area contributed by atoms with Crippen molar-refractivity contribution in [3.63, 3.8) is 0 Å². The molecule has 0 aromatic carbocycles. The Balaban J connectivity index is 1.63. The summed E-state index contributed by atoms with van der Waals surface area (Å²) in [5.41, 5.74) is 1.58. The highest BCUT2D eigenvalue weighted by Gasteiger charge is 2.29. The maximum atomic E-state index is 12.0. The molecular weight excluding hydrogens is 346 g/mol. The van der Waals surface area contributed by atoms with Gasteiger partial charge in [-0.1, -0.05) is 0 Å². The number of nitrogens with zero attached hydrogens (tertiary/aromatic N) is 6. The van der Waals surface area contributed by atoms with Crippen LogP contribution in [0.1, 0.15) is 12.2 Å². The minimum atomic E-state index is -0.482. The number of H-pyrrole nitrogens is 1. The van der Waals surface area contributed by atoms with E-state index in [0.717, 1.165) is 34.3 Å². The van der Waals surface area contributed by atoms with E-state index in [-0.39, 0.29) is 12.6 Å². The average molecular weight is 365 g/mol. The fraction of sp³-hybridized carbons (Fsp3) is 0.389. The number of pyridine rings is 1. The first-order chi connectivity index (χ1) is 13.1. The molecular formula is C18H19N7O2. The molecule has 1 amide bonds. The second-order valence-electron chi connectivity index (χ2n) is 6.61. The molecule has 0 saturated carbocycles. The molecule has 1 fully saturated rings. The molecule has 27 heavy (non-hydrogen) atoms. The van der Waals surface area contributed by atoms with Gasteiger partial charge in [0.05, 0.1) is 29.7 Å². The molecule has 9 heteroatoms. The molecule has 0 radical (unpaired) electrons. The van der Waals surface area contributed by atoms with Crippen LogP contribution >= 0.6 is 0 Å². The van der Waals surface area contributed by atoms with E-state index in [9.17, 15) is 4.79 Å². The Morgan fingerprint density at radius 3 is 3.19 bits per heavy atom. The van der Waals surface area contributed by atoms with Gasteiger partial charge in [0.15, 0.2) is 0 Å². The van der Waals surface area contributed by atoms with Gasteiger partial charge < -0.3 is 14.6 Å². The SMILES string of the molecule is Cc1nc(N2CCC(OC(=O)N(C)CC#N)C2)c2c(cnc3[nH]ccc32)n1. The number of nitriles is 1. The van der Waals surface area contributed by atoms with Gasteiger partial charge in [-0.25, -0.2) is 19.7 Å². The molecule has 1 unspecified atom stereocenters. The predicted octanol–water partition coefficient (Wildman–Crippen LogP) is 1.99. The van der Waals surface area contributed by atoms with Crippen LogP contribution in [-0.2, 0) is 4.74 Å². The number of aromatic nitrogens is 4. The zero-order valence-electron chi connectivity index (χ0n) is 15.1. The van der Waals surface area contributed by atoms with Crippen molar-refractivity contribution >= 4 is 33.8 Å². The zero-order valence-corrected chi connectivity index (χ0v) is 15.1. The number of rotatable bonds is 3. The van der Waals surface area contributed by atoms with Crippen molar-refractivity contribution in [2.45, 2.75) is 19.4 Å². The third-order valence-electron chi connectivity index (χ3n) is 4.67. The summed E-state index contributed by atoms with van der Waals surface area (Å²) in [5, 5.41) is 10.6. The average Bonchev–Trinajstić information content (AvgIpc) is 3.30. The van der Waals surface area contributed by atoms with Crippen LogP contribution in [0.5, 0.6) is 0 Å². The van der Waals surface area contributed by atoms with Gasteiger partial charge in [0.25, 0.3) is 0 Å².